The molecule has 2 heterocycles. The van der Waals surface area contributed by atoms with E-state index in [-0.39, 0.29) is 28.6 Å². The number of aromatic nitrogens is 4. The second-order valence-electron chi connectivity index (χ2n) is 6.51. The molecule has 0 atom stereocenters. The van der Waals surface area contributed by atoms with Crippen LogP contribution in [0.4, 0.5) is 14.6 Å². The summed E-state index contributed by atoms with van der Waals surface area (Å²) in [6.07, 6.45) is 0.996. The molecule has 8 nitrogen and oxygen atoms in total. The van der Waals surface area contributed by atoms with E-state index >= 15 is 0 Å². The summed E-state index contributed by atoms with van der Waals surface area (Å²) in [6.45, 7) is 0. The van der Waals surface area contributed by atoms with Crippen molar-refractivity contribution in [3.05, 3.63) is 59.1 Å². The van der Waals surface area contributed by atoms with Gasteiger partial charge < -0.3 is 4.74 Å². The van der Waals surface area contributed by atoms with Crippen LogP contribution in [0.15, 0.2) is 42.5 Å². The number of fused-ring (bicyclic) bond motifs is 1. The summed E-state index contributed by atoms with van der Waals surface area (Å²) in [5.74, 6) is -2.15. The summed E-state index contributed by atoms with van der Waals surface area (Å²) in [5, 5.41) is 7.57. The molecule has 0 saturated heterocycles. The predicted molar refractivity (Wildman–Crippen MR) is 112 cm³/mol. The molecule has 0 fully saturated rings. The van der Waals surface area contributed by atoms with Crippen LogP contribution < -0.4 is 9.04 Å². The van der Waals surface area contributed by atoms with Crippen molar-refractivity contribution in [1.82, 2.24) is 20.2 Å². The first kappa shape index (κ1) is 20.9. The zero-order valence-electron chi connectivity index (χ0n) is 16.1. The van der Waals surface area contributed by atoms with Crippen molar-refractivity contribution in [1.29, 1.82) is 0 Å². The van der Waals surface area contributed by atoms with Crippen molar-refractivity contribution in [2.24, 2.45) is 0 Å². The summed E-state index contributed by atoms with van der Waals surface area (Å²) >= 11 is 6.29. The number of halogens is 3. The number of aromatic amines is 1. The molecular weight excluding hydrogens is 452 g/mol. The van der Waals surface area contributed by atoms with Crippen LogP contribution in [0.25, 0.3) is 22.3 Å². The molecule has 160 valence electrons. The van der Waals surface area contributed by atoms with Crippen molar-refractivity contribution >= 4 is 38.5 Å². The highest BCUT2D eigenvalue weighted by Crippen LogP contribution is 2.37. The van der Waals surface area contributed by atoms with E-state index in [0.29, 0.717) is 22.3 Å². The van der Waals surface area contributed by atoms with E-state index in [1.165, 1.54) is 7.05 Å². The number of ether oxygens (including phenoxy) is 1. The van der Waals surface area contributed by atoms with Crippen molar-refractivity contribution in [3.8, 4) is 23.0 Å². The maximum absolute atomic E-state index is 14.0. The van der Waals surface area contributed by atoms with Crippen molar-refractivity contribution in [3.63, 3.8) is 0 Å². The van der Waals surface area contributed by atoms with Gasteiger partial charge in [0.25, 0.3) is 0 Å². The van der Waals surface area contributed by atoms with E-state index in [1.807, 2.05) is 0 Å². The molecule has 0 aliphatic carbocycles. The number of anilines is 1. The third-order valence-electron chi connectivity index (χ3n) is 4.41. The quantitative estimate of drug-likeness (QED) is 0.475. The molecule has 0 spiro atoms. The van der Waals surface area contributed by atoms with E-state index in [9.17, 15) is 17.2 Å². The average Bonchev–Trinajstić information content (AvgIpc) is 3.12. The first-order valence-electron chi connectivity index (χ1n) is 8.73. The maximum atomic E-state index is 14.0. The van der Waals surface area contributed by atoms with Crippen molar-refractivity contribution in [2.45, 2.75) is 0 Å². The lowest BCUT2D eigenvalue weighted by Gasteiger charge is -2.17. The minimum atomic E-state index is -3.75. The number of nitrogens with zero attached hydrogens (tertiary/aromatic N) is 4. The molecule has 0 unspecified atom stereocenters. The Kier molecular flexibility index (Phi) is 5.23. The molecule has 0 radical (unpaired) electrons. The Morgan fingerprint density at radius 3 is 2.55 bits per heavy atom. The van der Waals surface area contributed by atoms with E-state index in [0.717, 1.165) is 22.7 Å². The van der Waals surface area contributed by atoms with Gasteiger partial charge in [0.1, 0.15) is 5.82 Å². The van der Waals surface area contributed by atoms with Gasteiger partial charge in [-0.05, 0) is 18.2 Å². The third kappa shape index (κ3) is 4.01. The van der Waals surface area contributed by atoms with Crippen molar-refractivity contribution in [2.75, 3.05) is 17.6 Å². The fourth-order valence-corrected chi connectivity index (χ4v) is 3.51. The number of nitrogens with one attached hydrogen (secondary N) is 1. The number of benzene rings is 2. The number of rotatable bonds is 5. The molecule has 0 aliphatic rings. The Morgan fingerprint density at radius 2 is 1.87 bits per heavy atom. The number of sulfonamides is 1. The van der Waals surface area contributed by atoms with Gasteiger partial charge in [-0.2, -0.15) is 15.1 Å². The monoisotopic (exact) mass is 465 g/mol. The molecule has 0 amide bonds. The van der Waals surface area contributed by atoms with Crippen LogP contribution in [0.5, 0.6) is 11.8 Å². The highest BCUT2D eigenvalue weighted by Gasteiger charge is 2.25. The van der Waals surface area contributed by atoms with Crippen LogP contribution in [-0.4, -0.2) is 41.9 Å². The van der Waals surface area contributed by atoms with Gasteiger partial charge in [-0.15, -0.1) is 0 Å². The Balaban J connectivity index is 1.93. The van der Waals surface area contributed by atoms with Gasteiger partial charge in [0.2, 0.25) is 10.0 Å². The van der Waals surface area contributed by atoms with E-state index in [4.69, 9.17) is 16.3 Å². The fraction of sp³-hybridized carbons (Fsp3) is 0.105. The van der Waals surface area contributed by atoms with Gasteiger partial charge >= 0.3 is 6.01 Å². The molecule has 4 aromatic rings. The van der Waals surface area contributed by atoms with Gasteiger partial charge in [-0.3, -0.25) is 9.40 Å². The summed E-state index contributed by atoms with van der Waals surface area (Å²) in [5.41, 5.74) is 1.01. The van der Waals surface area contributed by atoms with Crippen LogP contribution in [0.1, 0.15) is 0 Å². The lowest BCUT2D eigenvalue weighted by atomic mass is 10.1. The van der Waals surface area contributed by atoms with Crippen LogP contribution in [0.2, 0.25) is 5.02 Å². The molecule has 1 N–H and O–H groups in total. The van der Waals surface area contributed by atoms with Crippen LogP contribution >= 0.6 is 11.6 Å². The summed E-state index contributed by atoms with van der Waals surface area (Å²) in [4.78, 5) is 8.30. The van der Waals surface area contributed by atoms with E-state index in [1.54, 1.807) is 24.3 Å². The average molecular weight is 466 g/mol. The standard InChI is InChI=1S/C19H14ClF2N5O3S/c1-27(31(2,28)29)18-15-16(11-5-3-4-6-12(11)20)25-26-17(15)23-19(24-18)30-14-8-7-10(21)9-13(14)22/h3-9H,1-2H3,(H,23,24,25,26). The van der Waals surface area contributed by atoms with Crippen molar-refractivity contribution < 1.29 is 21.9 Å². The first-order chi connectivity index (χ1) is 14.6. The van der Waals surface area contributed by atoms with Gasteiger partial charge in [0.15, 0.2) is 23.0 Å². The van der Waals surface area contributed by atoms with Gasteiger partial charge in [0.05, 0.1) is 17.3 Å². The van der Waals surface area contributed by atoms with Crippen LogP contribution in [0, 0.1) is 11.6 Å². The highest BCUT2D eigenvalue weighted by molar-refractivity contribution is 7.92. The Bertz CT molecular complexity index is 1410. The molecule has 2 aromatic heterocycles. The van der Waals surface area contributed by atoms with Crippen LogP contribution in [0.3, 0.4) is 0 Å². The van der Waals surface area contributed by atoms with Gasteiger partial charge in [-0.25, -0.2) is 17.2 Å². The smallest absolute Gasteiger partial charge is 0.326 e. The summed E-state index contributed by atoms with van der Waals surface area (Å²) in [7, 11) is -2.45. The topological polar surface area (TPSA) is 101 Å². The highest BCUT2D eigenvalue weighted by atomic mass is 35.5. The van der Waals surface area contributed by atoms with E-state index in [2.05, 4.69) is 20.2 Å². The summed E-state index contributed by atoms with van der Waals surface area (Å²) in [6, 6.07) is 9.22. The second-order valence-corrected chi connectivity index (χ2v) is 8.94. The number of hydrogen-bond donors (Lipinski definition) is 1. The lowest BCUT2D eigenvalue weighted by Crippen LogP contribution is -2.26. The molecule has 12 heteroatoms. The second kappa shape index (κ2) is 7.75. The lowest BCUT2D eigenvalue weighted by molar-refractivity contribution is 0.410. The Labute approximate surface area is 180 Å². The van der Waals surface area contributed by atoms with Gasteiger partial charge in [0, 0.05) is 23.7 Å². The van der Waals surface area contributed by atoms with E-state index < -0.39 is 21.7 Å². The molecule has 4 rings (SSSR count). The molecule has 0 bridgehead atoms. The fourth-order valence-electron chi connectivity index (χ4n) is 2.83. The normalized spacial score (nSPS) is 11.6. The Hall–Kier alpha value is -3.31. The molecular formula is C19H14ClF2N5O3S. The predicted octanol–water partition coefficient (Wildman–Crippen LogP) is 4.14. The Morgan fingerprint density at radius 1 is 1.13 bits per heavy atom. The number of H-pyrrole nitrogens is 1. The first-order valence-corrected chi connectivity index (χ1v) is 11.0. The summed E-state index contributed by atoms with van der Waals surface area (Å²) < 4.78 is 57.9. The molecule has 31 heavy (non-hydrogen) atoms. The zero-order chi connectivity index (χ0) is 22.3. The number of hydrogen-bond acceptors (Lipinski definition) is 6. The largest absolute Gasteiger partial charge is 0.421 e. The maximum Gasteiger partial charge on any atom is 0.326 e. The molecule has 0 saturated carbocycles. The molecule has 0 aliphatic heterocycles. The minimum Gasteiger partial charge on any atom is -0.421 e. The van der Waals surface area contributed by atoms with Gasteiger partial charge in [-0.1, -0.05) is 29.8 Å². The minimum absolute atomic E-state index is 0.0614. The third-order valence-corrected chi connectivity index (χ3v) is 5.91. The van der Waals surface area contributed by atoms with Crippen LogP contribution in [-0.2, 0) is 10.0 Å². The molecule has 2 aromatic carbocycles. The SMILES string of the molecule is CN(c1nc(Oc2ccc(F)cc2F)nc2n[nH]c(-c3ccccc3Cl)c12)S(C)(=O)=O. The zero-order valence-corrected chi connectivity index (χ0v) is 17.7.